The first kappa shape index (κ1) is 12.5. The monoisotopic (exact) mass is 244 g/mol. The Balaban J connectivity index is 2.31. The summed E-state index contributed by atoms with van der Waals surface area (Å²) in [6.07, 6.45) is 9.36. The van der Waals surface area contributed by atoms with Crippen molar-refractivity contribution in [2.45, 2.75) is 38.2 Å². The standard InChI is InChI=1S/C15H16O3/c1-3-15(8-4-5-9-15)18-13-10-12(14(16)17)7-6-11(13)2/h1,6-7,10H,4-5,8-9H2,2H3,(H,16,17). The summed E-state index contributed by atoms with van der Waals surface area (Å²) < 4.78 is 5.93. The first-order chi connectivity index (χ1) is 8.56. The van der Waals surface area contributed by atoms with Crippen LogP contribution in [0, 0.1) is 19.3 Å². The number of terminal acetylenes is 1. The van der Waals surface area contributed by atoms with Crippen LogP contribution in [0.4, 0.5) is 0 Å². The number of rotatable bonds is 3. The third-order valence-electron chi connectivity index (χ3n) is 3.41. The summed E-state index contributed by atoms with van der Waals surface area (Å²) in [7, 11) is 0. The van der Waals surface area contributed by atoms with Gasteiger partial charge in [-0.3, -0.25) is 0 Å². The highest BCUT2D eigenvalue weighted by molar-refractivity contribution is 5.88. The zero-order valence-corrected chi connectivity index (χ0v) is 10.4. The van der Waals surface area contributed by atoms with Crippen LogP contribution in [0.15, 0.2) is 18.2 Å². The molecule has 0 heterocycles. The Morgan fingerprint density at radius 2 is 2.11 bits per heavy atom. The molecule has 1 aromatic rings. The van der Waals surface area contributed by atoms with Gasteiger partial charge in [0, 0.05) is 0 Å². The fraction of sp³-hybridized carbons (Fsp3) is 0.400. The molecule has 0 atom stereocenters. The van der Waals surface area contributed by atoms with Crippen LogP contribution in [-0.2, 0) is 0 Å². The lowest BCUT2D eigenvalue weighted by Gasteiger charge is -2.25. The van der Waals surface area contributed by atoms with Gasteiger partial charge in [-0.1, -0.05) is 12.0 Å². The van der Waals surface area contributed by atoms with Gasteiger partial charge in [0.2, 0.25) is 0 Å². The molecule has 94 valence electrons. The number of hydrogen-bond donors (Lipinski definition) is 1. The summed E-state index contributed by atoms with van der Waals surface area (Å²) in [6, 6.07) is 4.87. The second-order valence-electron chi connectivity index (χ2n) is 4.73. The van der Waals surface area contributed by atoms with Gasteiger partial charge in [0.05, 0.1) is 5.56 Å². The number of carbonyl (C=O) groups is 1. The van der Waals surface area contributed by atoms with E-state index in [-0.39, 0.29) is 5.56 Å². The predicted molar refractivity (Wildman–Crippen MR) is 68.8 cm³/mol. The van der Waals surface area contributed by atoms with E-state index in [0.29, 0.717) is 5.75 Å². The molecule has 0 radical (unpaired) electrons. The van der Waals surface area contributed by atoms with E-state index in [9.17, 15) is 4.79 Å². The van der Waals surface area contributed by atoms with Crippen molar-refractivity contribution in [3.8, 4) is 18.1 Å². The minimum absolute atomic E-state index is 0.223. The van der Waals surface area contributed by atoms with Gasteiger partial charge in [0.25, 0.3) is 0 Å². The third-order valence-corrected chi connectivity index (χ3v) is 3.41. The van der Waals surface area contributed by atoms with Crippen molar-refractivity contribution in [1.82, 2.24) is 0 Å². The van der Waals surface area contributed by atoms with Crippen molar-refractivity contribution < 1.29 is 14.6 Å². The maximum absolute atomic E-state index is 11.0. The molecular weight excluding hydrogens is 228 g/mol. The van der Waals surface area contributed by atoms with Gasteiger partial charge < -0.3 is 9.84 Å². The average Bonchev–Trinajstić information content (AvgIpc) is 2.81. The van der Waals surface area contributed by atoms with Crippen LogP contribution in [0.25, 0.3) is 0 Å². The van der Waals surface area contributed by atoms with E-state index in [1.165, 1.54) is 0 Å². The number of aryl methyl sites for hydroxylation is 1. The highest BCUT2D eigenvalue weighted by Gasteiger charge is 2.34. The van der Waals surface area contributed by atoms with Crippen molar-refractivity contribution in [2.75, 3.05) is 0 Å². The Kier molecular flexibility index (Phi) is 3.29. The molecule has 1 aliphatic carbocycles. The van der Waals surface area contributed by atoms with E-state index in [1.807, 2.05) is 6.92 Å². The molecule has 0 unspecified atom stereocenters. The molecule has 18 heavy (non-hydrogen) atoms. The van der Waals surface area contributed by atoms with E-state index in [4.69, 9.17) is 16.3 Å². The molecule has 1 aliphatic rings. The summed E-state index contributed by atoms with van der Waals surface area (Å²) in [5.41, 5.74) is 0.573. The summed E-state index contributed by atoms with van der Waals surface area (Å²) in [6.45, 7) is 1.89. The lowest BCUT2D eigenvalue weighted by atomic mass is 10.0. The fourth-order valence-corrected chi connectivity index (χ4v) is 2.28. The van der Waals surface area contributed by atoms with Crippen LogP contribution < -0.4 is 4.74 Å². The zero-order valence-electron chi connectivity index (χ0n) is 10.4. The molecule has 3 heteroatoms. The SMILES string of the molecule is C#CC1(Oc2cc(C(=O)O)ccc2C)CCCC1. The Morgan fingerprint density at radius 1 is 1.44 bits per heavy atom. The number of carboxylic acids is 1. The topological polar surface area (TPSA) is 46.5 Å². The minimum Gasteiger partial charge on any atom is -0.478 e. The van der Waals surface area contributed by atoms with Crippen molar-refractivity contribution >= 4 is 5.97 Å². The molecule has 0 amide bonds. The van der Waals surface area contributed by atoms with E-state index in [2.05, 4.69) is 5.92 Å². The Morgan fingerprint density at radius 3 is 2.67 bits per heavy atom. The van der Waals surface area contributed by atoms with Crippen molar-refractivity contribution in [3.63, 3.8) is 0 Å². The van der Waals surface area contributed by atoms with Gasteiger partial charge >= 0.3 is 5.97 Å². The normalized spacial score (nSPS) is 17.1. The Hall–Kier alpha value is -1.95. The van der Waals surface area contributed by atoms with Crippen LogP contribution in [0.5, 0.6) is 5.75 Å². The van der Waals surface area contributed by atoms with E-state index in [1.54, 1.807) is 18.2 Å². The number of ether oxygens (including phenoxy) is 1. The first-order valence-corrected chi connectivity index (χ1v) is 6.07. The highest BCUT2D eigenvalue weighted by atomic mass is 16.5. The first-order valence-electron chi connectivity index (χ1n) is 6.07. The van der Waals surface area contributed by atoms with Gasteiger partial charge in [0.1, 0.15) is 5.75 Å². The molecule has 1 N–H and O–H groups in total. The van der Waals surface area contributed by atoms with Crippen LogP contribution in [0.1, 0.15) is 41.6 Å². The van der Waals surface area contributed by atoms with E-state index < -0.39 is 11.6 Å². The smallest absolute Gasteiger partial charge is 0.335 e. The summed E-state index contributed by atoms with van der Waals surface area (Å²) in [5, 5.41) is 8.99. The van der Waals surface area contributed by atoms with Crippen molar-refractivity contribution in [1.29, 1.82) is 0 Å². The van der Waals surface area contributed by atoms with Gasteiger partial charge in [-0.15, -0.1) is 6.42 Å². The number of benzene rings is 1. The van der Waals surface area contributed by atoms with E-state index in [0.717, 1.165) is 31.2 Å². The molecule has 1 fully saturated rings. The number of carboxylic acid groups (broad SMARTS) is 1. The third kappa shape index (κ3) is 2.33. The summed E-state index contributed by atoms with van der Waals surface area (Å²) >= 11 is 0. The van der Waals surface area contributed by atoms with Gasteiger partial charge in [-0.05, 0) is 50.3 Å². The second kappa shape index (κ2) is 4.73. The summed E-state index contributed by atoms with van der Waals surface area (Å²) in [4.78, 5) is 11.0. The highest BCUT2D eigenvalue weighted by Crippen LogP contribution is 2.35. The van der Waals surface area contributed by atoms with Crippen molar-refractivity contribution in [3.05, 3.63) is 29.3 Å². The van der Waals surface area contributed by atoms with Crippen LogP contribution in [-0.4, -0.2) is 16.7 Å². The maximum atomic E-state index is 11.0. The average molecular weight is 244 g/mol. The van der Waals surface area contributed by atoms with Gasteiger partial charge in [-0.25, -0.2) is 4.79 Å². The molecular formula is C15H16O3. The quantitative estimate of drug-likeness (QED) is 0.831. The molecule has 0 spiro atoms. The lowest BCUT2D eigenvalue weighted by molar-refractivity contribution is 0.0695. The molecule has 1 saturated carbocycles. The van der Waals surface area contributed by atoms with Crippen LogP contribution in [0.2, 0.25) is 0 Å². The Bertz CT molecular complexity index is 505. The molecule has 2 rings (SSSR count). The number of hydrogen-bond acceptors (Lipinski definition) is 2. The largest absolute Gasteiger partial charge is 0.478 e. The molecule has 0 bridgehead atoms. The van der Waals surface area contributed by atoms with Crippen LogP contribution >= 0.6 is 0 Å². The number of aromatic carboxylic acids is 1. The molecule has 3 nitrogen and oxygen atoms in total. The zero-order chi connectivity index (χ0) is 13.2. The van der Waals surface area contributed by atoms with Crippen molar-refractivity contribution in [2.24, 2.45) is 0 Å². The molecule has 0 aliphatic heterocycles. The lowest BCUT2D eigenvalue weighted by Crippen LogP contribution is -2.30. The minimum atomic E-state index is -0.957. The fourth-order valence-electron chi connectivity index (χ4n) is 2.28. The Labute approximate surface area is 107 Å². The predicted octanol–water partition coefficient (Wildman–Crippen LogP) is 3.02. The second-order valence-corrected chi connectivity index (χ2v) is 4.73. The molecule has 1 aromatic carbocycles. The molecule has 0 aromatic heterocycles. The molecule has 0 saturated heterocycles. The van der Waals surface area contributed by atoms with Gasteiger partial charge in [0.15, 0.2) is 5.60 Å². The summed E-state index contributed by atoms with van der Waals surface area (Å²) in [5.74, 6) is 2.35. The van der Waals surface area contributed by atoms with Gasteiger partial charge in [-0.2, -0.15) is 0 Å². The van der Waals surface area contributed by atoms with Crippen LogP contribution in [0.3, 0.4) is 0 Å². The maximum Gasteiger partial charge on any atom is 0.335 e. The van der Waals surface area contributed by atoms with E-state index >= 15 is 0 Å².